The Labute approximate surface area is 187 Å². The van der Waals surface area contributed by atoms with Crippen molar-refractivity contribution in [1.82, 2.24) is 25.5 Å². The van der Waals surface area contributed by atoms with Gasteiger partial charge in [-0.05, 0) is 30.2 Å². The van der Waals surface area contributed by atoms with Crippen molar-refractivity contribution in [2.45, 2.75) is 25.4 Å². The highest BCUT2D eigenvalue weighted by atomic mass is 16.2. The lowest BCUT2D eigenvalue weighted by molar-refractivity contribution is -0.136. The zero-order chi connectivity index (χ0) is 23.1. The van der Waals surface area contributed by atoms with Crippen LogP contribution in [0, 0.1) is 0 Å². The number of nitrogens with zero attached hydrogens (tertiary/aromatic N) is 3. The maximum Gasteiger partial charge on any atom is 0.271 e. The molecule has 2 aromatic carbocycles. The molecule has 2 aliphatic rings. The minimum absolute atomic E-state index is 0.0290. The maximum atomic E-state index is 13.1. The van der Waals surface area contributed by atoms with E-state index < -0.39 is 35.6 Å². The highest BCUT2D eigenvalue weighted by molar-refractivity contribution is 6.24. The quantitative estimate of drug-likeness (QED) is 0.573. The van der Waals surface area contributed by atoms with E-state index in [2.05, 4.69) is 20.6 Å². The van der Waals surface area contributed by atoms with Crippen LogP contribution in [0.25, 0.3) is 11.0 Å². The second kappa shape index (κ2) is 7.90. The number of imide groups is 2. The first kappa shape index (κ1) is 20.4. The molecule has 5 rings (SSSR count). The molecule has 0 spiro atoms. The van der Waals surface area contributed by atoms with Gasteiger partial charge in [0.2, 0.25) is 11.8 Å². The zero-order valence-corrected chi connectivity index (χ0v) is 17.2. The van der Waals surface area contributed by atoms with Gasteiger partial charge in [0.15, 0.2) is 0 Å². The molecule has 2 aliphatic heterocycles. The smallest absolute Gasteiger partial charge is 0.271 e. The molecule has 33 heavy (non-hydrogen) atoms. The molecule has 1 aromatic heterocycles. The molecule has 0 saturated carbocycles. The Bertz CT molecular complexity index is 1370. The molecule has 10 nitrogen and oxygen atoms in total. The molecule has 3 heterocycles. The van der Waals surface area contributed by atoms with Crippen LogP contribution in [0.1, 0.15) is 49.6 Å². The largest absolute Gasteiger partial charge is 0.347 e. The van der Waals surface area contributed by atoms with Crippen LogP contribution >= 0.6 is 0 Å². The van der Waals surface area contributed by atoms with Crippen molar-refractivity contribution in [2.24, 2.45) is 0 Å². The molecule has 0 aliphatic carbocycles. The lowest BCUT2D eigenvalue weighted by Gasteiger charge is -2.27. The third-order valence-corrected chi connectivity index (χ3v) is 5.67. The van der Waals surface area contributed by atoms with Crippen molar-refractivity contribution in [1.29, 1.82) is 0 Å². The standard InChI is InChI=1S/C23H17N5O5/c29-18-9-8-17(21(31)27-18)28-22(32)13-5-3-4-12(19(13)23(28)33)10-25-20(30)16-11-24-14-6-1-2-7-15(14)26-16/h1-7,11,17H,8-10H2,(H,25,30)(H,27,29,31). The molecular weight excluding hydrogens is 426 g/mol. The van der Waals surface area contributed by atoms with Crippen LogP contribution in [-0.2, 0) is 16.1 Å². The Morgan fingerprint density at radius 3 is 2.61 bits per heavy atom. The highest BCUT2D eigenvalue weighted by Gasteiger charge is 2.45. The summed E-state index contributed by atoms with van der Waals surface area (Å²) >= 11 is 0. The van der Waals surface area contributed by atoms with E-state index in [9.17, 15) is 24.0 Å². The molecule has 2 N–H and O–H groups in total. The second-order valence-electron chi connectivity index (χ2n) is 7.71. The first-order valence-corrected chi connectivity index (χ1v) is 10.3. The van der Waals surface area contributed by atoms with E-state index in [1.807, 2.05) is 6.07 Å². The fraction of sp³-hybridized carbons (Fsp3) is 0.174. The number of aromatic nitrogens is 2. The SMILES string of the molecule is O=C1CCC(N2C(=O)c3cccc(CNC(=O)c4cnc5ccccc5n4)c3C2=O)C(=O)N1. The Hall–Kier alpha value is -4.47. The van der Waals surface area contributed by atoms with Gasteiger partial charge in [-0.15, -0.1) is 0 Å². The molecule has 3 aromatic rings. The van der Waals surface area contributed by atoms with Crippen molar-refractivity contribution >= 4 is 40.6 Å². The number of piperidine rings is 1. The van der Waals surface area contributed by atoms with Crippen LogP contribution in [0.2, 0.25) is 0 Å². The van der Waals surface area contributed by atoms with Gasteiger partial charge in [0, 0.05) is 13.0 Å². The van der Waals surface area contributed by atoms with Crippen molar-refractivity contribution in [3.63, 3.8) is 0 Å². The Kier molecular flexibility index (Phi) is 4.89. The lowest BCUT2D eigenvalue weighted by Crippen LogP contribution is -2.54. The number of rotatable bonds is 4. The van der Waals surface area contributed by atoms with Crippen LogP contribution in [-0.4, -0.2) is 50.4 Å². The summed E-state index contributed by atoms with van der Waals surface area (Å²) in [5.74, 6) is -2.82. The first-order valence-electron chi connectivity index (χ1n) is 10.3. The number of benzene rings is 2. The van der Waals surface area contributed by atoms with E-state index in [4.69, 9.17) is 0 Å². The summed E-state index contributed by atoms with van der Waals surface area (Å²) in [5.41, 5.74) is 2.08. The van der Waals surface area contributed by atoms with Gasteiger partial charge < -0.3 is 5.32 Å². The summed E-state index contributed by atoms with van der Waals surface area (Å²) in [6, 6.07) is 10.8. The Balaban J connectivity index is 1.37. The van der Waals surface area contributed by atoms with Gasteiger partial charge in [0.1, 0.15) is 11.7 Å². The summed E-state index contributed by atoms with van der Waals surface area (Å²) in [4.78, 5) is 71.7. The summed E-state index contributed by atoms with van der Waals surface area (Å²) in [7, 11) is 0. The van der Waals surface area contributed by atoms with Crippen molar-refractivity contribution in [2.75, 3.05) is 0 Å². The van der Waals surface area contributed by atoms with Crippen LogP contribution < -0.4 is 10.6 Å². The van der Waals surface area contributed by atoms with Crippen molar-refractivity contribution < 1.29 is 24.0 Å². The van der Waals surface area contributed by atoms with Crippen molar-refractivity contribution in [3.05, 3.63) is 71.0 Å². The normalized spacial score (nSPS) is 17.8. The average molecular weight is 443 g/mol. The number of nitrogens with one attached hydrogen (secondary N) is 2. The predicted molar refractivity (Wildman–Crippen MR) is 114 cm³/mol. The van der Waals surface area contributed by atoms with E-state index >= 15 is 0 Å². The predicted octanol–water partition coefficient (Wildman–Crippen LogP) is 0.961. The number of para-hydroxylation sites is 2. The fourth-order valence-electron chi connectivity index (χ4n) is 4.06. The van der Waals surface area contributed by atoms with Gasteiger partial charge in [0.25, 0.3) is 17.7 Å². The average Bonchev–Trinajstić information content (AvgIpc) is 3.08. The van der Waals surface area contributed by atoms with E-state index in [0.717, 1.165) is 4.90 Å². The number of hydrogen-bond donors (Lipinski definition) is 2. The third kappa shape index (κ3) is 3.51. The first-order chi connectivity index (χ1) is 15.9. The topological polar surface area (TPSA) is 138 Å². The monoisotopic (exact) mass is 443 g/mol. The molecule has 1 unspecified atom stereocenters. The van der Waals surface area contributed by atoms with Crippen LogP contribution in [0.3, 0.4) is 0 Å². The number of carbonyl (C=O) groups is 5. The van der Waals surface area contributed by atoms with Gasteiger partial charge in [-0.2, -0.15) is 0 Å². The lowest BCUT2D eigenvalue weighted by atomic mass is 10.0. The number of hydrogen-bond acceptors (Lipinski definition) is 7. The number of amides is 5. The molecule has 5 amide bonds. The summed E-state index contributed by atoms with van der Waals surface area (Å²) in [5, 5.41) is 4.87. The minimum Gasteiger partial charge on any atom is -0.347 e. The Morgan fingerprint density at radius 1 is 1.03 bits per heavy atom. The molecule has 1 saturated heterocycles. The summed E-state index contributed by atoms with van der Waals surface area (Å²) in [6.45, 7) is -0.0290. The Morgan fingerprint density at radius 2 is 1.82 bits per heavy atom. The van der Waals surface area contributed by atoms with Gasteiger partial charge in [-0.1, -0.05) is 24.3 Å². The summed E-state index contributed by atoms with van der Waals surface area (Å²) < 4.78 is 0. The molecule has 164 valence electrons. The number of fused-ring (bicyclic) bond motifs is 2. The van der Waals surface area contributed by atoms with Gasteiger partial charge in [-0.3, -0.25) is 39.2 Å². The summed E-state index contributed by atoms with van der Waals surface area (Å²) in [6.07, 6.45) is 1.48. The fourth-order valence-corrected chi connectivity index (χ4v) is 4.06. The van der Waals surface area contributed by atoms with Gasteiger partial charge in [-0.25, -0.2) is 4.98 Å². The molecule has 10 heteroatoms. The molecular formula is C23H17N5O5. The molecule has 1 fully saturated rings. The number of carbonyl (C=O) groups excluding carboxylic acids is 5. The van der Waals surface area contributed by atoms with E-state index in [1.165, 1.54) is 12.3 Å². The molecule has 1 atom stereocenters. The van der Waals surface area contributed by atoms with E-state index in [-0.39, 0.29) is 36.2 Å². The van der Waals surface area contributed by atoms with E-state index in [0.29, 0.717) is 16.6 Å². The van der Waals surface area contributed by atoms with Gasteiger partial charge >= 0.3 is 0 Å². The zero-order valence-electron chi connectivity index (χ0n) is 17.2. The van der Waals surface area contributed by atoms with Crippen LogP contribution in [0.5, 0.6) is 0 Å². The van der Waals surface area contributed by atoms with Gasteiger partial charge in [0.05, 0.1) is 28.4 Å². The van der Waals surface area contributed by atoms with E-state index in [1.54, 1.807) is 30.3 Å². The minimum atomic E-state index is -1.05. The van der Waals surface area contributed by atoms with Crippen LogP contribution in [0.15, 0.2) is 48.7 Å². The molecule has 0 radical (unpaired) electrons. The highest BCUT2D eigenvalue weighted by Crippen LogP contribution is 2.30. The third-order valence-electron chi connectivity index (χ3n) is 5.67. The maximum absolute atomic E-state index is 13.1. The molecule has 0 bridgehead atoms. The van der Waals surface area contributed by atoms with Crippen LogP contribution in [0.4, 0.5) is 0 Å². The van der Waals surface area contributed by atoms with Crippen molar-refractivity contribution in [3.8, 4) is 0 Å². The second-order valence-corrected chi connectivity index (χ2v) is 7.71.